The molecular formula is C19H27N2O3+. The van der Waals surface area contributed by atoms with Crippen LogP contribution in [0.4, 0.5) is 0 Å². The van der Waals surface area contributed by atoms with Crippen LogP contribution in [0.25, 0.3) is 12.2 Å². The first-order valence-electron chi connectivity index (χ1n) is 8.19. The largest absolute Gasteiger partial charge is 0.490 e. The number of para-hydroxylation sites is 1. The minimum absolute atomic E-state index is 0.0941. The number of hydrogen-bond acceptors (Lipinski definition) is 4. The predicted molar refractivity (Wildman–Crippen MR) is 94.7 cm³/mol. The lowest BCUT2D eigenvalue weighted by atomic mass is 10.1. The molecule has 0 radical (unpaired) electrons. The maximum Gasteiger partial charge on any atom is 0.159 e. The Morgan fingerprint density at radius 2 is 2.04 bits per heavy atom. The Labute approximate surface area is 143 Å². The fraction of sp³-hybridized carbons (Fsp3) is 0.421. The number of nitrogens with two attached hydrogens (primary N) is 1. The first kappa shape index (κ1) is 18.2. The average molecular weight is 331 g/mol. The highest BCUT2D eigenvalue weighted by Gasteiger charge is 2.16. The van der Waals surface area contributed by atoms with E-state index in [0.29, 0.717) is 12.3 Å². The minimum Gasteiger partial charge on any atom is -0.490 e. The van der Waals surface area contributed by atoms with Crippen LogP contribution in [0.2, 0.25) is 0 Å². The third kappa shape index (κ3) is 6.18. The molecule has 0 aliphatic rings. The van der Waals surface area contributed by atoms with Gasteiger partial charge in [-0.3, -0.25) is 0 Å². The summed E-state index contributed by atoms with van der Waals surface area (Å²) >= 11 is 0. The van der Waals surface area contributed by atoms with Crippen molar-refractivity contribution in [3.63, 3.8) is 0 Å². The summed E-state index contributed by atoms with van der Waals surface area (Å²) in [6, 6.07) is 9.58. The SMILES string of the molecule is Cc1cc(/C=C/c2ccccc2OC[C@H](O)C[NH2+]C(C)(C)C)on1. The molecule has 0 saturated carbocycles. The summed E-state index contributed by atoms with van der Waals surface area (Å²) in [5.41, 5.74) is 1.87. The molecule has 2 rings (SSSR count). The van der Waals surface area contributed by atoms with Gasteiger partial charge in [-0.2, -0.15) is 0 Å². The van der Waals surface area contributed by atoms with Gasteiger partial charge in [-0.1, -0.05) is 23.4 Å². The molecule has 2 aromatic rings. The Balaban J connectivity index is 1.95. The number of ether oxygens (including phenoxy) is 1. The molecule has 1 aromatic heterocycles. The van der Waals surface area contributed by atoms with E-state index in [9.17, 15) is 5.11 Å². The number of quaternary nitrogens is 1. The lowest BCUT2D eigenvalue weighted by Gasteiger charge is -2.19. The minimum atomic E-state index is -0.516. The summed E-state index contributed by atoms with van der Waals surface area (Å²) < 4.78 is 11.0. The summed E-state index contributed by atoms with van der Waals surface area (Å²) in [5, 5.41) is 16.0. The first-order chi connectivity index (χ1) is 11.3. The van der Waals surface area contributed by atoms with E-state index < -0.39 is 6.10 Å². The molecule has 0 unspecified atom stereocenters. The van der Waals surface area contributed by atoms with Crippen LogP contribution < -0.4 is 10.1 Å². The molecule has 24 heavy (non-hydrogen) atoms. The number of aryl methyl sites for hydroxylation is 1. The van der Waals surface area contributed by atoms with E-state index in [2.05, 4.69) is 31.2 Å². The van der Waals surface area contributed by atoms with Crippen LogP contribution in [0.1, 0.15) is 37.8 Å². The Hall–Kier alpha value is -2.11. The highest BCUT2D eigenvalue weighted by molar-refractivity contribution is 5.70. The van der Waals surface area contributed by atoms with E-state index in [4.69, 9.17) is 9.26 Å². The maximum atomic E-state index is 10.1. The zero-order valence-electron chi connectivity index (χ0n) is 14.8. The Morgan fingerprint density at radius 1 is 1.29 bits per heavy atom. The summed E-state index contributed by atoms with van der Waals surface area (Å²) in [6.45, 7) is 9.11. The first-order valence-corrected chi connectivity index (χ1v) is 8.19. The van der Waals surface area contributed by atoms with Gasteiger partial charge >= 0.3 is 0 Å². The number of rotatable bonds is 7. The maximum absolute atomic E-state index is 10.1. The third-order valence-electron chi connectivity index (χ3n) is 3.43. The number of aliphatic hydroxyl groups excluding tert-OH is 1. The number of aromatic nitrogens is 1. The van der Waals surface area contributed by atoms with Gasteiger partial charge in [-0.15, -0.1) is 0 Å². The lowest BCUT2D eigenvalue weighted by Crippen LogP contribution is -2.96. The number of nitrogens with zero attached hydrogens (tertiary/aromatic N) is 1. The zero-order chi connectivity index (χ0) is 17.6. The Kier molecular flexibility index (Phi) is 6.17. The van der Waals surface area contributed by atoms with Gasteiger partial charge in [0, 0.05) is 11.6 Å². The van der Waals surface area contributed by atoms with Gasteiger partial charge < -0.3 is 19.7 Å². The standard InChI is InChI=1S/C19H26N2O3/c1-14-11-17(24-21-14)10-9-15-7-5-6-8-18(15)23-13-16(22)12-20-19(2,3)4/h5-11,16,20,22H,12-13H2,1-4H3/p+1/b10-9+/t16-/m1/s1. The van der Waals surface area contributed by atoms with Crippen molar-refractivity contribution >= 4 is 12.2 Å². The van der Waals surface area contributed by atoms with Gasteiger partial charge in [0.05, 0.1) is 11.2 Å². The zero-order valence-corrected chi connectivity index (χ0v) is 14.8. The van der Waals surface area contributed by atoms with Crippen LogP contribution in [-0.4, -0.2) is 35.1 Å². The van der Waals surface area contributed by atoms with Crippen molar-refractivity contribution in [2.75, 3.05) is 13.2 Å². The number of hydrogen-bond donors (Lipinski definition) is 2. The van der Waals surface area contributed by atoms with Crippen LogP contribution in [0.3, 0.4) is 0 Å². The summed E-state index contributed by atoms with van der Waals surface area (Å²) in [6.07, 6.45) is 3.26. The third-order valence-corrected chi connectivity index (χ3v) is 3.43. The number of benzene rings is 1. The molecule has 0 aliphatic heterocycles. The van der Waals surface area contributed by atoms with Crippen LogP contribution in [-0.2, 0) is 0 Å². The fourth-order valence-electron chi connectivity index (χ4n) is 2.13. The van der Waals surface area contributed by atoms with Gasteiger partial charge in [0.1, 0.15) is 25.0 Å². The van der Waals surface area contributed by atoms with Crippen molar-refractivity contribution in [2.45, 2.75) is 39.3 Å². The van der Waals surface area contributed by atoms with Crippen molar-refractivity contribution < 1.29 is 19.7 Å². The molecular weight excluding hydrogens is 304 g/mol. The second kappa shape index (κ2) is 8.13. The second-order valence-electron chi connectivity index (χ2n) is 7.01. The van der Waals surface area contributed by atoms with Crippen LogP contribution >= 0.6 is 0 Å². The van der Waals surface area contributed by atoms with E-state index in [1.165, 1.54) is 0 Å². The van der Waals surface area contributed by atoms with Crippen molar-refractivity contribution in [2.24, 2.45) is 0 Å². The molecule has 1 atom stereocenters. The van der Waals surface area contributed by atoms with Gasteiger partial charge in [-0.25, -0.2) is 0 Å². The van der Waals surface area contributed by atoms with Crippen molar-refractivity contribution in [3.05, 3.63) is 47.3 Å². The molecule has 0 bridgehead atoms. The molecule has 130 valence electrons. The van der Waals surface area contributed by atoms with E-state index in [1.54, 1.807) is 0 Å². The smallest absolute Gasteiger partial charge is 0.159 e. The fourth-order valence-corrected chi connectivity index (χ4v) is 2.13. The van der Waals surface area contributed by atoms with Gasteiger partial charge in [0.25, 0.3) is 0 Å². The summed E-state index contributed by atoms with van der Waals surface area (Å²) in [4.78, 5) is 0. The Morgan fingerprint density at radius 3 is 2.71 bits per heavy atom. The number of aliphatic hydroxyl groups is 1. The predicted octanol–water partition coefficient (Wildman–Crippen LogP) is 2.26. The van der Waals surface area contributed by atoms with Crippen molar-refractivity contribution in [1.82, 2.24) is 5.16 Å². The van der Waals surface area contributed by atoms with Crippen molar-refractivity contribution in [3.8, 4) is 5.75 Å². The van der Waals surface area contributed by atoms with Crippen LogP contribution in [0, 0.1) is 6.92 Å². The molecule has 0 spiro atoms. The monoisotopic (exact) mass is 331 g/mol. The van der Waals surface area contributed by atoms with E-state index in [1.807, 2.05) is 49.4 Å². The molecule has 1 aromatic carbocycles. The lowest BCUT2D eigenvalue weighted by molar-refractivity contribution is -0.722. The highest BCUT2D eigenvalue weighted by Crippen LogP contribution is 2.21. The molecule has 0 aliphatic carbocycles. The topological polar surface area (TPSA) is 72.1 Å². The summed E-state index contributed by atoms with van der Waals surface area (Å²) in [7, 11) is 0. The quantitative estimate of drug-likeness (QED) is 0.816. The molecule has 5 heteroatoms. The van der Waals surface area contributed by atoms with Gasteiger partial charge in [0.15, 0.2) is 5.76 Å². The molecule has 0 fully saturated rings. The second-order valence-corrected chi connectivity index (χ2v) is 7.01. The van der Waals surface area contributed by atoms with Crippen LogP contribution in [0.15, 0.2) is 34.9 Å². The van der Waals surface area contributed by atoms with Crippen LogP contribution in [0.5, 0.6) is 5.75 Å². The van der Waals surface area contributed by atoms with Gasteiger partial charge in [0.2, 0.25) is 0 Å². The van der Waals surface area contributed by atoms with E-state index in [0.717, 1.165) is 17.0 Å². The normalized spacial score (nSPS) is 13.4. The highest BCUT2D eigenvalue weighted by atomic mass is 16.5. The van der Waals surface area contributed by atoms with E-state index in [-0.39, 0.29) is 12.1 Å². The molecule has 0 amide bonds. The average Bonchev–Trinajstić information content (AvgIpc) is 2.94. The molecule has 0 saturated heterocycles. The Bertz CT molecular complexity index is 671. The van der Waals surface area contributed by atoms with E-state index >= 15 is 0 Å². The summed E-state index contributed by atoms with van der Waals surface area (Å²) in [5.74, 6) is 1.43. The molecule has 3 N–H and O–H groups in total. The van der Waals surface area contributed by atoms with Crippen molar-refractivity contribution in [1.29, 1.82) is 0 Å². The van der Waals surface area contributed by atoms with Gasteiger partial charge in [-0.05, 0) is 45.9 Å². The molecule has 5 nitrogen and oxygen atoms in total. The molecule has 1 heterocycles.